The second kappa shape index (κ2) is 12.7. The summed E-state index contributed by atoms with van der Waals surface area (Å²) in [5.74, 6) is -1.73. The highest BCUT2D eigenvalue weighted by Crippen LogP contribution is 2.37. The van der Waals surface area contributed by atoms with Gasteiger partial charge < -0.3 is 23.7 Å². The molecular weight excluding hydrogens is 568 g/mol. The van der Waals surface area contributed by atoms with Crippen LogP contribution in [0.2, 0.25) is 0 Å². The van der Waals surface area contributed by atoms with Gasteiger partial charge in [-0.1, -0.05) is 54.6 Å². The lowest BCUT2D eigenvalue weighted by atomic mass is 10.1. The topological polar surface area (TPSA) is 141 Å². The number of carbonyl (C=O) groups is 3. The second-order valence-electron chi connectivity index (χ2n) is 9.71. The summed E-state index contributed by atoms with van der Waals surface area (Å²) >= 11 is 0. The molecule has 4 atom stereocenters. The Hall–Kier alpha value is -5.62. The van der Waals surface area contributed by atoms with Crippen LogP contribution in [-0.2, 0) is 18.9 Å². The highest BCUT2D eigenvalue weighted by atomic mass is 16.7. The summed E-state index contributed by atoms with van der Waals surface area (Å²) in [5.41, 5.74) is 1.53. The third kappa shape index (κ3) is 5.83. The van der Waals surface area contributed by atoms with E-state index in [0.29, 0.717) is 16.7 Å². The molecule has 6 rings (SSSR count). The number of hydrogen-bond acceptors (Lipinski definition) is 11. The minimum Gasteiger partial charge on any atom is -0.479 e. The third-order valence-electron chi connectivity index (χ3n) is 6.97. The molecule has 0 bridgehead atoms. The Morgan fingerprint density at radius 3 is 1.84 bits per heavy atom. The number of hydrogen-bond donors (Lipinski definition) is 0. The van der Waals surface area contributed by atoms with E-state index in [4.69, 9.17) is 23.7 Å². The molecule has 2 aromatic heterocycles. The monoisotopic (exact) mass is 594 g/mol. The summed E-state index contributed by atoms with van der Waals surface area (Å²) in [6, 6.07) is 25.1. The summed E-state index contributed by atoms with van der Waals surface area (Å²) in [5, 5.41) is 0. The normalized spacial score (nSPS) is 19.3. The molecule has 1 aliphatic heterocycles. The van der Waals surface area contributed by atoms with Crippen LogP contribution in [0.15, 0.2) is 104 Å². The smallest absolute Gasteiger partial charge is 0.338 e. The van der Waals surface area contributed by atoms with E-state index in [1.54, 1.807) is 91.0 Å². The van der Waals surface area contributed by atoms with Gasteiger partial charge in [-0.15, -0.1) is 0 Å². The maximum absolute atomic E-state index is 13.4. The fraction of sp³-hybridized carbons (Fsp3) is 0.188. The van der Waals surface area contributed by atoms with Gasteiger partial charge in [0.1, 0.15) is 19.0 Å². The molecule has 0 radical (unpaired) electrons. The van der Waals surface area contributed by atoms with Crippen LogP contribution < -0.4 is 4.74 Å². The van der Waals surface area contributed by atoms with Crippen LogP contribution >= 0.6 is 0 Å². The zero-order valence-electron chi connectivity index (χ0n) is 23.4. The predicted octanol–water partition coefficient (Wildman–Crippen LogP) is 4.04. The molecule has 0 saturated carbocycles. The molecule has 3 heterocycles. The van der Waals surface area contributed by atoms with E-state index in [9.17, 15) is 14.4 Å². The van der Waals surface area contributed by atoms with Crippen molar-refractivity contribution in [2.75, 3.05) is 13.7 Å². The molecule has 1 saturated heterocycles. The molecule has 0 spiro atoms. The lowest BCUT2D eigenvalue weighted by Gasteiger charge is -2.25. The fourth-order valence-electron chi connectivity index (χ4n) is 4.85. The van der Waals surface area contributed by atoms with Crippen molar-refractivity contribution in [1.82, 2.24) is 19.5 Å². The van der Waals surface area contributed by atoms with Gasteiger partial charge in [0.15, 0.2) is 29.6 Å². The number of benzene rings is 3. The summed E-state index contributed by atoms with van der Waals surface area (Å²) in [6.07, 6.45) is -1.83. The first-order chi connectivity index (χ1) is 21.5. The molecule has 0 N–H and O–H groups in total. The summed E-state index contributed by atoms with van der Waals surface area (Å²) in [7, 11) is 1.45. The highest BCUT2D eigenvalue weighted by Gasteiger charge is 2.52. The summed E-state index contributed by atoms with van der Waals surface area (Å²) in [4.78, 5) is 52.3. The molecule has 5 aromatic rings. The number of carbonyl (C=O) groups excluding carboxylic acids is 3. The fourth-order valence-corrected chi connectivity index (χ4v) is 4.85. The quantitative estimate of drug-likeness (QED) is 0.180. The summed E-state index contributed by atoms with van der Waals surface area (Å²) < 4.78 is 30.8. The Morgan fingerprint density at radius 1 is 0.727 bits per heavy atom. The predicted molar refractivity (Wildman–Crippen MR) is 154 cm³/mol. The first kappa shape index (κ1) is 28.5. The van der Waals surface area contributed by atoms with Gasteiger partial charge in [-0.25, -0.2) is 24.4 Å². The molecule has 0 amide bonds. The van der Waals surface area contributed by atoms with Crippen LogP contribution in [0.25, 0.3) is 11.2 Å². The molecule has 1 aliphatic rings. The van der Waals surface area contributed by atoms with Crippen molar-refractivity contribution in [2.24, 2.45) is 0 Å². The maximum Gasteiger partial charge on any atom is 0.338 e. The van der Waals surface area contributed by atoms with Crippen LogP contribution in [-0.4, -0.2) is 69.5 Å². The van der Waals surface area contributed by atoms with Crippen LogP contribution in [0, 0.1) is 0 Å². The number of aromatic nitrogens is 4. The standard InChI is InChI=1S/C32H26N4O8/c1-40-28-24-27(33-18-34-28)36(19-35-24)29-26(44-32(39)22-15-9-4-10-16-22)25(43-31(38)21-13-7-3-8-14-21)23(42-29)17-41-30(37)20-11-5-2-6-12-20/h2-16,18-19,23,25-26,29H,17H2,1H3/t23-,25-,26-,29-/m1/s1. The maximum atomic E-state index is 13.4. The number of imidazole rings is 1. The zero-order chi connectivity index (χ0) is 30.5. The molecule has 222 valence electrons. The number of rotatable bonds is 9. The number of fused-ring (bicyclic) bond motifs is 1. The average Bonchev–Trinajstić information content (AvgIpc) is 3.65. The van der Waals surface area contributed by atoms with Crippen LogP contribution in [0.4, 0.5) is 0 Å². The lowest BCUT2D eigenvalue weighted by Crippen LogP contribution is -2.41. The molecule has 3 aromatic carbocycles. The Bertz CT molecular complexity index is 1760. The number of nitrogens with zero attached hydrogens (tertiary/aromatic N) is 4. The summed E-state index contributed by atoms with van der Waals surface area (Å²) in [6.45, 7) is -0.318. The number of esters is 3. The van der Waals surface area contributed by atoms with Gasteiger partial charge in [-0.3, -0.25) is 4.57 Å². The van der Waals surface area contributed by atoms with Gasteiger partial charge >= 0.3 is 17.9 Å². The Balaban J connectivity index is 1.38. The molecule has 12 nitrogen and oxygen atoms in total. The van der Waals surface area contributed by atoms with Crippen LogP contribution in [0.3, 0.4) is 0 Å². The minimum absolute atomic E-state index is 0.227. The average molecular weight is 595 g/mol. The highest BCUT2D eigenvalue weighted by molar-refractivity contribution is 5.91. The van der Waals surface area contributed by atoms with E-state index in [0.717, 1.165) is 0 Å². The van der Waals surface area contributed by atoms with E-state index in [1.807, 2.05) is 0 Å². The molecule has 44 heavy (non-hydrogen) atoms. The van der Waals surface area contributed by atoms with E-state index < -0.39 is 42.4 Å². The van der Waals surface area contributed by atoms with Crippen LogP contribution in [0.1, 0.15) is 37.3 Å². The van der Waals surface area contributed by atoms with Crippen molar-refractivity contribution in [3.05, 3.63) is 120 Å². The van der Waals surface area contributed by atoms with Gasteiger partial charge in [0.05, 0.1) is 30.1 Å². The third-order valence-corrected chi connectivity index (χ3v) is 6.97. The SMILES string of the molecule is COc1ncnc2c1ncn2[C@@H]1O[C@H](COC(=O)c2ccccc2)[C@@H](OC(=O)c2ccccc2)[C@H]1OC(=O)c1ccccc1. The van der Waals surface area contributed by atoms with Gasteiger partial charge in [-0.2, -0.15) is 4.98 Å². The van der Waals surface area contributed by atoms with Crippen molar-refractivity contribution in [3.8, 4) is 5.88 Å². The van der Waals surface area contributed by atoms with E-state index in [1.165, 1.54) is 24.3 Å². The van der Waals surface area contributed by atoms with Gasteiger partial charge in [0.25, 0.3) is 0 Å². The van der Waals surface area contributed by atoms with Crippen molar-refractivity contribution in [2.45, 2.75) is 24.5 Å². The van der Waals surface area contributed by atoms with Crippen molar-refractivity contribution >= 4 is 29.1 Å². The second-order valence-corrected chi connectivity index (χ2v) is 9.71. The van der Waals surface area contributed by atoms with E-state index in [-0.39, 0.29) is 23.6 Å². The van der Waals surface area contributed by atoms with Crippen molar-refractivity contribution in [3.63, 3.8) is 0 Å². The van der Waals surface area contributed by atoms with Crippen molar-refractivity contribution in [1.29, 1.82) is 0 Å². The van der Waals surface area contributed by atoms with Crippen LogP contribution in [0.5, 0.6) is 5.88 Å². The molecule has 12 heteroatoms. The zero-order valence-corrected chi connectivity index (χ0v) is 23.4. The molecular formula is C32H26N4O8. The molecule has 0 unspecified atom stereocenters. The Morgan fingerprint density at radius 2 is 1.27 bits per heavy atom. The molecule has 1 fully saturated rings. The minimum atomic E-state index is -1.21. The first-order valence-corrected chi connectivity index (χ1v) is 13.6. The first-order valence-electron chi connectivity index (χ1n) is 13.6. The van der Waals surface area contributed by atoms with E-state index >= 15 is 0 Å². The Labute approximate surface area is 251 Å². The number of methoxy groups -OCH3 is 1. The molecule has 0 aliphatic carbocycles. The van der Waals surface area contributed by atoms with Crippen molar-refractivity contribution < 1.29 is 38.1 Å². The van der Waals surface area contributed by atoms with E-state index in [2.05, 4.69) is 15.0 Å². The largest absolute Gasteiger partial charge is 0.479 e. The van der Waals surface area contributed by atoms with Gasteiger partial charge in [0, 0.05) is 0 Å². The Kier molecular flexibility index (Phi) is 8.23. The lowest BCUT2D eigenvalue weighted by molar-refractivity contribution is -0.0606. The van der Waals surface area contributed by atoms with Gasteiger partial charge in [-0.05, 0) is 36.4 Å². The van der Waals surface area contributed by atoms with Gasteiger partial charge in [0.2, 0.25) is 5.88 Å². The number of ether oxygens (including phenoxy) is 5.